The van der Waals surface area contributed by atoms with Crippen LogP contribution in [0.5, 0.6) is 0 Å². The molecule has 0 amide bonds. The summed E-state index contributed by atoms with van der Waals surface area (Å²) in [4.78, 5) is 0. The smallest absolute Gasteiger partial charge is 0.229 e. The van der Waals surface area contributed by atoms with Crippen LogP contribution in [0.15, 0.2) is 11.9 Å². The molecule has 6 heteroatoms. The third-order valence-corrected chi connectivity index (χ3v) is 1.97. The van der Waals surface area contributed by atoms with Gasteiger partial charge in [0.15, 0.2) is 0 Å². The molecule has 1 aliphatic heterocycles. The van der Waals surface area contributed by atoms with Crippen molar-refractivity contribution in [1.82, 2.24) is 0 Å². The van der Waals surface area contributed by atoms with E-state index < -0.39 is 28.1 Å². The average molecular weight is 170 g/mol. The number of alkyl halides is 1. The minimum absolute atomic E-state index is 0.473. The molecule has 0 bridgehead atoms. The van der Waals surface area contributed by atoms with Crippen LogP contribution in [-0.2, 0) is 14.3 Å². The van der Waals surface area contributed by atoms with Crippen molar-refractivity contribution < 1.29 is 21.4 Å². The molecule has 0 fully saturated rings. The van der Waals surface area contributed by atoms with E-state index >= 15 is 0 Å². The molecule has 1 rings (SSSR count). The Morgan fingerprint density at radius 1 is 1.70 bits per heavy atom. The first kappa shape index (κ1) is 7.62. The molecule has 58 valence electrons. The molecule has 1 aliphatic rings. The first-order chi connectivity index (χ1) is 4.49. The largest absolute Gasteiger partial charge is 0.276 e. The van der Waals surface area contributed by atoms with Gasteiger partial charge >= 0.3 is 0 Å². The normalized spacial score (nSPS) is 31.4. The van der Waals surface area contributed by atoms with Crippen LogP contribution >= 0.6 is 0 Å². The average Bonchev–Trinajstić information content (AvgIpc) is 1.54. The lowest BCUT2D eigenvalue weighted by molar-refractivity contribution is 0.114. The van der Waals surface area contributed by atoms with E-state index in [2.05, 4.69) is 4.18 Å². The second-order valence-corrected chi connectivity index (χ2v) is 3.36. The summed E-state index contributed by atoms with van der Waals surface area (Å²) in [7, 11) is -4.00. The van der Waals surface area contributed by atoms with E-state index in [4.69, 9.17) is 0 Å². The fourth-order valence-corrected chi connectivity index (χ4v) is 1.40. The van der Waals surface area contributed by atoms with Crippen LogP contribution in [0.2, 0.25) is 0 Å². The summed E-state index contributed by atoms with van der Waals surface area (Å²) in [5.74, 6) is -1.88. The van der Waals surface area contributed by atoms with Gasteiger partial charge in [0, 0.05) is 6.08 Å². The molecule has 0 aromatic heterocycles. The van der Waals surface area contributed by atoms with Crippen LogP contribution in [0, 0.1) is 0 Å². The molecule has 0 radical (unpaired) electrons. The van der Waals surface area contributed by atoms with Gasteiger partial charge in [-0.2, -0.15) is 8.42 Å². The van der Waals surface area contributed by atoms with E-state index in [9.17, 15) is 17.2 Å². The summed E-state index contributed by atoms with van der Waals surface area (Å²) in [6.07, 6.45) is -1.69. The molecule has 3 nitrogen and oxygen atoms in total. The standard InChI is InChI=1S/C4H4F2O3S/c5-3-1-4(6)9-10(7,8)2-3/h1,4H,2H2. The second-order valence-electron chi connectivity index (χ2n) is 1.76. The lowest BCUT2D eigenvalue weighted by Crippen LogP contribution is -2.21. The van der Waals surface area contributed by atoms with Crippen molar-refractivity contribution >= 4 is 10.1 Å². The molecule has 0 saturated heterocycles. The highest BCUT2D eigenvalue weighted by Crippen LogP contribution is 2.16. The number of hydrogen-bond donors (Lipinski definition) is 0. The Kier molecular flexibility index (Phi) is 1.74. The van der Waals surface area contributed by atoms with Crippen LogP contribution in [0.1, 0.15) is 0 Å². The predicted octanol–water partition coefficient (Wildman–Crippen LogP) is 0.495. The molecule has 1 atom stereocenters. The Morgan fingerprint density at radius 3 is 2.70 bits per heavy atom. The highest BCUT2D eigenvalue weighted by Gasteiger charge is 2.25. The van der Waals surface area contributed by atoms with E-state index in [1.165, 1.54) is 0 Å². The van der Waals surface area contributed by atoms with Crippen molar-refractivity contribution in [2.24, 2.45) is 0 Å². The van der Waals surface area contributed by atoms with Crippen molar-refractivity contribution in [2.45, 2.75) is 6.36 Å². The lowest BCUT2D eigenvalue weighted by Gasteiger charge is -2.10. The highest BCUT2D eigenvalue weighted by atomic mass is 32.2. The van der Waals surface area contributed by atoms with Crippen LogP contribution in [0.4, 0.5) is 8.78 Å². The molecular formula is C4H4F2O3S. The molecule has 10 heavy (non-hydrogen) atoms. The Hall–Kier alpha value is -0.490. The van der Waals surface area contributed by atoms with Gasteiger partial charge in [0.1, 0.15) is 11.6 Å². The van der Waals surface area contributed by atoms with Crippen LogP contribution in [0.25, 0.3) is 0 Å². The quantitative estimate of drug-likeness (QED) is 0.497. The van der Waals surface area contributed by atoms with Crippen molar-refractivity contribution in [3.63, 3.8) is 0 Å². The van der Waals surface area contributed by atoms with E-state index in [1.807, 2.05) is 0 Å². The van der Waals surface area contributed by atoms with Gasteiger partial charge in [0.2, 0.25) is 6.36 Å². The molecule has 0 aliphatic carbocycles. The Bertz CT molecular complexity index is 256. The summed E-state index contributed by atoms with van der Waals surface area (Å²) in [6.45, 7) is 0. The van der Waals surface area contributed by atoms with Crippen LogP contribution < -0.4 is 0 Å². The molecular weight excluding hydrogens is 166 g/mol. The topological polar surface area (TPSA) is 43.4 Å². The minimum atomic E-state index is -4.00. The summed E-state index contributed by atoms with van der Waals surface area (Å²) >= 11 is 0. The fraction of sp³-hybridized carbons (Fsp3) is 0.500. The molecule has 0 aromatic rings. The molecule has 0 aromatic carbocycles. The monoisotopic (exact) mass is 170 g/mol. The number of halogens is 2. The van der Waals surface area contributed by atoms with Crippen LogP contribution in [0.3, 0.4) is 0 Å². The maximum absolute atomic E-state index is 12.1. The molecule has 0 spiro atoms. The molecule has 1 unspecified atom stereocenters. The Labute approximate surface area is 56.4 Å². The maximum Gasteiger partial charge on any atom is 0.276 e. The number of hydrogen-bond acceptors (Lipinski definition) is 3. The fourth-order valence-electron chi connectivity index (χ4n) is 0.561. The molecule has 1 heterocycles. The van der Waals surface area contributed by atoms with Gasteiger partial charge in [0.25, 0.3) is 10.1 Å². The highest BCUT2D eigenvalue weighted by molar-refractivity contribution is 7.86. The van der Waals surface area contributed by atoms with Gasteiger partial charge in [-0.25, -0.2) is 13.0 Å². The Morgan fingerprint density at radius 2 is 2.30 bits per heavy atom. The first-order valence-corrected chi connectivity index (χ1v) is 3.98. The van der Waals surface area contributed by atoms with Crippen molar-refractivity contribution in [1.29, 1.82) is 0 Å². The van der Waals surface area contributed by atoms with Gasteiger partial charge < -0.3 is 0 Å². The SMILES string of the molecule is O=S1(=O)CC(F)=CC(F)O1. The maximum atomic E-state index is 12.1. The van der Waals surface area contributed by atoms with E-state index in [0.717, 1.165) is 0 Å². The van der Waals surface area contributed by atoms with E-state index in [0.29, 0.717) is 6.08 Å². The van der Waals surface area contributed by atoms with Crippen molar-refractivity contribution in [2.75, 3.05) is 5.75 Å². The summed E-state index contributed by atoms with van der Waals surface area (Å²) in [5.41, 5.74) is 0. The zero-order valence-electron chi connectivity index (χ0n) is 4.75. The summed E-state index contributed by atoms with van der Waals surface area (Å²) < 4.78 is 48.5. The van der Waals surface area contributed by atoms with Gasteiger partial charge in [-0.3, -0.25) is 0 Å². The third kappa shape index (κ3) is 1.74. The third-order valence-electron chi connectivity index (χ3n) is 0.865. The molecule has 0 saturated carbocycles. The lowest BCUT2D eigenvalue weighted by atomic mass is 10.5. The summed E-state index contributed by atoms with van der Waals surface area (Å²) in [5, 5.41) is 0. The first-order valence-electron chi connectivity index (χ1n) is 2.41. The van der Waals surface area contributed by atoms with Gasteiger partial charge in [-0.05, 0) is 0 Å². The Balaban J connectivity index is 2.91. The van der Waals surface area contributed by atoms with Crippen molar-refractivity contribution in [3.8, 4) is 0 Å². The number of rotatable bonds is 0. The molecule has 0 N–H and O–H groups in total. The van der Waals surface area contributed by atoms with E-state index in [-0.39, 0.29) is 0 Å². The summed E-state index contributed by atoms with van der Waals surface area (Å²) in [6, 6.07) is 0. The second kappa shape index (κ2) is 2.28. The van der Waals surface area contributed by atoms with Gasteiger partial charge in [0.05, 0.1) is 0 Å². The van der Waals surface area contributed by atoms with Crippen molar-refractivity contribution in [3.05, 3.63) is 11.9 Å². The zero-order chi connectivity index (χ0) is 7.78. The minimum Gasteiger partial charge on any atom is -0.229 e. The predicted molar refractivity (Wildman–Crippen MR) is 29.0 cm³/mol. The van der Waals surface area contributed by atoms with Crippen LogP contribution in [-0.4, -0.2) is 20.5 Å². The van der Waals surface area contributed by atoms with Gasteiger partial charge in [-0.15, -0.1) is 0 Å². The van der Waals surface area contributed by atoms with E-state index in [1.54, 1.807) is 0 Å². The zero-order valence-corrected chi connectivity index (χ0v) is 5.57. The van der Waals surface area contributed by atoms with Gasteiger partial charge in [-0.1, -0.05) is 0 Å².